The summed E-state index contributed by atoms with van der Waals surface area (Å²) in [5.41, 5.74) is 9.71. The molecule has 4 atom stereocenters. The lowest BCUT2D eigenvalue weighted by Gasteiger charge is -2.27. The third-order valence-electron chi connectivity index (χ3n) is 4.09. The first-order valence-electron chi connectivity index (χ1n) is 6.86. The third kappa shape index (κ3) is 2.15. The highest BCUT2D eigenvalue weighted by Crippen LogP contribution is 2.40. The van der Waals surface area contributed by atoms with Crippen molar-refractivity contribution in [3.63, 3.8) is 0 Å². The Morgan fingerprint density at radius 3 is 2.78 bits per heavy atom. The molecule has 3 heterocycles. The molecule has 3 unspecified atom stereocenters. The molecule has 124 valence electrons. The first-order chi connectivity index (χ1) is 10.8. The van der Waals surface area contributed by atoms with Crippen LogP contribution in [0.15, 0.2) is 12.5 Å². The van der Waals surface area contributed by atoms with E-state index in [1.807, 2.05) is 0 Å². The van der Waals surface area contributed by atoms with Crippen molar-refractivity contribution in [3.8, 4) is 0 Å². The van der Waals surface area contributed by atoms with Crippen molar-refractivity contribution in [2.45, 2.75) is 31.0 Å². The van der Waals surface area contributed by atoms with Crippen molar-refractivity contribution >= 4 is 22.8 Å². The monoisotopic (exact) mass is 323 g/mol. The van der Waals surface area contributed by atoms with Crippen molar-refractivity contribution in [2.75, 3.05) is 12.3 Å². The number of anilines is 1. The van der Waals surface area contributed by atoms with Gasteiger partial charge in [-0.1, -0.05) is 0 Å². The Balaban J connectivity index is 2.21. The van der Waals surface area contributed by atoms with Crippen LogP contribution in [0, 0.1) is 0 Å². The van der Waals surface area contributed by atoms with E-state index < -0.39 is 36.6 Å². The fraction of sp³-hybridized carbons (Fsp3) is 0.462. The summed E-state index contributed by atoms with van der Waals surface area (Å²) in [5, 5.41) is 30.1. The molecule has 10 heteroatoms. The van der Waals surface area contributed by atoms with Gasteiger partial charge < -0.3 is 36.1 Å². The lowest BCUT2D eigenvalue weighted by molar-refractivity contribution is -0.0948. The molecule has 1 fully saturated rings. The molecule has 0 spiro atoms. The number of ether oxygens (including phenoxy) is 1. The van der Waals surface area contributed by atoms with E-state index in [0.717, 1.165) is 0 Å². The average Bonchev–Trinajstić information content (AvgIpc) is 2.97. The summed E-state index contributed by atoms with van der Waals surface area (Å²) in [5.74, 6) is -0.688. The van der Waals surface area contributed by atoms with Gasteiger partial charge in [0, 0.05) is 6.20 Å². The molecule has 0 aliphatic carbocycles. The number of aromatic nitrogens is 3. The molecule has 1 saturated heterocycles. The van der Waals surface area contributed by atoms with Crippen LogP contribution >= 0.6 is 0 Å². The van der Waals surface area contributed by atoms with Crippen molar-refractivity contribution in [3.05, 3.63) is 18.1 Å². The number of hydrogen-bond donors (Lipinski definition) is 5. The molecule has 0 aromatic carbocycles. The lowest BCUT2D eigenvalue weighted by atomic mass is 9.96. The number of nitrogens with two attached hydrogens (primary N) is 2. The second kappa shape index (κ2) is 5.13. The fourth-order valence-corrected chi connectivity index (χ4v) is 2.86. The van der Waals surface area contributed by atoms with E-state index in [-0.39, 0.29) is 22.4 Å². The van der Waals surface area contributed by atoms with Gasteiger partial charge in [0.15, 0.2) is 6.23 Å². The van der Waals surface area contributed by atoms with Crippen molar-refractivity contribution in [1.82, 2.24) is 14.5 Å². The van der Waals surface area contributed by atoms with Gasteiger partial charge in [0.05, 0.1) is 17.6 Å². The SMILES string of the molecule is C[C@@]1(O)C(O)C(CO)OC1n1cc(C(N)=O)c2c(N)ncnc21. The molecule has 10 nitrogen and oxygen atoms in total. The van der Waals surface area contributed by atoms with Crippen LogP contribution in [0.2, 0.25) is 0 Å². The Bertz CT molecular complexity index is 773. The minimum atomic E-state index is -1.73. The molecule has 0 radical (unpaired) electrons. The molecule has 23 heavy (non-hydrogen) atoms. The summed E-state index contributed by atoms with van der Waals surface area (Å²) in [6.45, 7) is 0.880. The van der Waals surface area contributed by atoms with E-state index in [2.05, 4.69) is 9.97 Å². The topological polar surface area (TPSA) is 170 Å². The van der Waals surface area contributed by atoms with Crippen LogP contribution in [0.1, 0.15) is 23.5 Å². The summed E-state index contributed by atoms with van der Waals surface area (Å²) < 4.78 is 6.88. The van der Waals surface area contributed by atoms with Gasteiger partial charge in [0.25, 0.3) is 5.91 Å². The maximum Gasteiger partial charge on any atom is 0.251 e. The lowest BCUT2D eigenvalue weighted by Crippen LogP contribution is -2.44. The van der Waals surface area contributed by atoms with Crippen LogP contribution in [0.25, 0.3) is 11.0 Å². The quantitative estimate of drug-likeness (QED) is 0.436. The second-order valence-electron chi connectivity index (χ2n) is 5.65. The van der Waals surface area contributed by atoms with Crippen LogP contribution in [-0.2, 0) is 4.74 Å². The molecule has 0 bridgehead atoms. The highest BCUT2D eigenvalue weighted by molar-refractivity contribution is 6.08. The molecular weight excluding hydrogens is 306 g/mol. The molecular formula is C13H17N5O5. The Morgan fingerprint density at radius 1 is 1.52 bits per heavy atom. The number of nitrogens with zero attached hydrogens (tertiary/aromatic N) is 3. The average molecular weight is 323 g/mol. The third-order valence-corrected chi connectivity index (χ3v) is 4.09. The van der Waals surface area contributed by atoms with Crippen molar-refractivity contribution in [1.29, 1.82) is 0 Å². The second-order valence-corrected chi connectivity index (χ2v) is 5.65. The first kappa shape index (κ1) is 15.6. The number of aliphatic hydroxyl groups is 3. The molecule has 2 aromatic rings. The Kier molecular flexibility index (Phi) is 3.48. The molecule has 0 saturated carbocycles. The maximum absolute atomic E-state index is 11.6. The molecule has 1 aliphatic heterocycles. The number of nitrogen functional groups attached to an aromatic ring is 1. The molecule has 2 aromatic heterocycles. The van der Waals surface area contributed by atoms with Gasteiger partial charge in [-0.25, -0.2) is 9.97 Å². The van der Waals surface area contributed by atoms with Gasteiger partial charge >= 0.3 is 0 Å². The first-order valence-corrected chi connectivity index (χ1v) is 6.86. The number of carbonyl (C=O) groups is 1. The highest BCUT2D eigenvalue weighted by atomic mass is 16.6. The number of aliphatic hydroxyl groups excluding tert-OH is 2. The largest absolute Gasteiger partial charge is 0.394 e. The van der Waals surface area contributed by atoms with Crippen LogP contribution in [0.5, 0.6) is 0 Å². The number of hydrogen-bond acceptors (Lipinski definition) is 8. The van der Waals surface area contributed by atoms with Crippen LogP contribution in [0.4, 0.5) is 5.82 Å². The minimum Gasteiger partial charge on any atom is -0.394 e. The maximum atomic E-state index is 11.6. The smallest absolute Gasteiger partial charge is 0.251 e. The molecule has 1 amide bonds. The zero-order valence-electron chi connectivity index (χ0n) is 12.2. The Hall–Kier alpha value is -2.27. The fourth-order valence-electron chi connectivity index (χ4n) is 2.86. The van der Waals surface area contributed by atoms with Crippen LogP contribution in [0.3, 0.4) is 0 Å². The van der Waals surface area contributed by atoms with E-state index in [1.54, 1.807) is 0 Å². The van der Waals surface area contributed by atoms with Gasteiger partial charge in [-0.2, -0.15) is 0 Å². The minimum absolute atomic E-state index is 0.0550. The molecule has 7 N–H and O–H groups in total. The Labute approximate surface area is 130 Å². The standard InChI is InChI=1S/C13H17N5O5/c1-13(22)8(20)6(3-19)23-12(13)18-2-5(10(15)21)7-9(14)16-4-17-11(7)18/h2,4,6,8,12,19-20,22H,3H2,1H3,(H2,15,21)(H2,14,16,17)/t6?,8?,12?,13-/m1/s1. The van der Waals surface area contributed by atoms with Gasteiger partial charge in [-0.05, 0) is 6.92 Å². The van der Waals surface area contributed by atoms with Crippen molar-refractivity contribution in [2.24, 2.45) is 5.73 Å². The predicted octanol–water partition coefficient (Wildman–Crippen LogP) is -1.89. The Morgan fingerprint density at radius 2 is 2.22 bits per heavy atom. The van der Waals surface area contributed by atoms with E-state index in [4.69, 9.17) is 16.2 Å². The molecule has 3 rings (SSSR count). The predicted molar refractivity (Wildman–Crippen MR) is 78.1 cm³/mol. The van der Waals surface area contributed by atoms with Gasteiger partial charge in [0.1, 0.15) is 35.6 Å². The van der Waals surface area contributed by atoms with Gasteiger partial charge in [-0.3, -0.25) is 4.79 Å². The zero-order chi connectivity index (χ0) is 16.9. The van der Waals surface area contributed by atoms with E-state index in [0.29, 0.717) is 0 Å². The number of rotatable bonds is 3. The summed E-state index contributed by atoms with van der Waals surface area (Å²) >= 11 is 0. The van der Waals surface area contributed by atoms with E-state index in [9.17, 15) is 20.1 Å². The van der Waals surface area contributed by atoms with Crippen LogP contribution < -0.4 is 11.5 Å². The van der Waals surface area contributed by atoms with E-state index in [1.165, 1.54) is 24.0 Å². The summed E-state index contributed by atoms with van der Waals surface area (Å²) in [6.07, 6.45) is -0.874. The summed E-state index contributed by atoms with van der Waals surface area (Å²) in [6, 6.07) is 0. The van der Waals surface area contributed by atoms with E-state index >= 15 is 0 Å². The molecule has 1 aliphatic rings. The normalized spacial score (nSPS) is 30.9. The highest BCUT2D eigenvalue weighted by Gasteiger charge is 2.53. The summed E-state index contributed by atoms with van der Waals surface area (Å²) in [4.78, 5) is 19.5. The number of primary amides is 1. The van der Waals surface area contributed by atoms with Gasteiger partial charge in [-0.15, -0.1) is 0 Å². The van der Waals surface area contributed by atoms with Crippen LogP contribution in [-0.4, -0.2) is 60.2 Å². The van der Waals surface area contributed by atoms with Gasteiger partial charge in [0.2, 0.25) is 0 Å². The van der Waals surface area contributed by atoms with Crippen molar-refractivity contribution < 1.29 is 24.9 Å². The number of fused-ring (bicyclic) bond motifs is 1. The zero-order valence-corrected chi connectivity index (χ0v) is 12.2. The number of amides is 1. The number of carbonyl (C=O) groups excluding carboxylic acids is 1. The summed E-state index contributed by atoms with van der Waals surface area (Å²) in [7, 11) is 0.